The van der Waals surface area contributed by atoms with Crippen LogP contribution in [0.15, 0.2) is 0 Å². The Bertz CT molecular complexity index is 141. The minimum absolute atomic E-state index is 0.479. The highest BCUT2D eigenvalue weighted by molar-refractivity contribution is 4.74. The van der Waals surface area contributed by atoms with Gasteiger partial charge in [-0.1, -0.05) is 32.6 Å². The third kappa shape index (κ3) is 6.16. The van der Waals surface area contributed by atoms with Crippen LogP contribution in [0.1, 0.15) is 58.8 Å². The summed E-state index contributed by atoms with van der Waals surface area (Å²) in [6.45, 7) is 6.52. The number of piperidine rings is 1. The zero-order chi connectivity index (χ0) is 10.9. The van der Waals surface area contributed by atoms with Crippen LogP contribution in [0.3, 0.4) is 0 Å². The van der Waals surface area contributed by atoms with Crippen molar-refractivity contribution in [2.75, 3.05) is 13.2 Å². The van der Waals surface area contributed by atoms with Crippen molar-refractivity contribution >= 4 is 0 Å². The van der Waals surface area contributed by atoms with E-state index in [2.05, 4.69) is 19.2 Å². The monoisotopic (exact) mass is 213 g/mol. The molecule has 1 aliphatic rings. The molecule has 0 amide bonds. The van der Waals surface area contributed by atoms with Crippen LogP contribution in [0, 0.1) is 0 Å². The van der Waals surface area contributed by atoms with Crippen LogP contribution in [0.5, 0.6) is 0 Å². The van der Waals surface area contributed by atoms with Gasteiger partial charge in [0.2, 0.25) is 0 Å². The van der Waals surface area contributed by atoms with Crippen LogP contribution in [0.2, 0.25) is 0 Å². The summed E-state index contributed by atoms with van der Waals surface area (Å²) in [5, 5.41) is 3.47. The Kier molecular flexibility index (Phi) is 7.03. The summed E-state index contributed by atoms with van der Waals surface area (Å²) in [6.07, 6.45) is 9.64. The van der Waals surface area contributed by atoms with Crippen molar-refractivity contribution < 1.29 is 4.74 Å². The summed E-state index contributed by atoms with van der Waals surface area (Å²) in [5.41, 5.74) is 0. The highest BCUT2D eigenvalue weighted by Gasteiger charge is 2.17. The van der Waals surface area contributed by atoms with Gasteiger partial charge in [0.1, 0.15) is 0 Å². The molecule has 1 aliphatic heterocycles. The largest absolute Gasteiger partial charge is 0.377 e. The first-order chi connectivity index (χ1) is 7.33. The smallest absolute Gasteiger partial charge is 0.0700 e. The lowest BCUT2D eigenvalue weighted by Crippen LogP contribution is -2.41. The maximum Gasteiger partial charge on any atom is 0.0700 e. The first kappa shape index (κ1) is 13.0. The second kappa shape index (κ2) is 8.12. The standard InChI is InChI=1S/C13H27NO/c1-3-4-5-6-7-10-15-13-9-8-12(2)14-11-13/h12-14H,3-11H2,1-2H3. The first-order valence-electron chi connectivity index (χ1n) is 6.68. The molecule has 0 aromatic carbocycles. The lowest BCUT2D eigenvalue weighted by molar-refractivity contribution is 0.0286. The normalized spacial score (nSPS) is 26.8. The van der Waals surface area contributed by atoms with Gasteiger partial charge in [0.15, 0.2) is 0 Å². The molecular formula is C13H27NO. The fraction of sp³-hybridized carbons (Fsp3) is 1.00. The molecule has 2 heteroatoms. The zero-order valence-corrected chi connectivity index (χ0v) is 10.4. The Labute approximate surface area is 94.8 Å². The molecule has 2 nitrogen and oxygen atoms in total. The number of nitrogens with one attached hydrogen (secondary N) is 1. The third-order valence-corrected chi connectivity index (χ3v) is 3.22. The van der Waals surface area contributed by atoms with Gasteiger partial charge in [-0.2, -0.15) is 0 Å². The van der Waals surface area contributed by atoms with Crippen molar-refractivity contribution in [2.24, 2.45) is 0 Å². The van der Waals surface area contributed by atoms with E-state index >= 15 is 0 Å². The maximum absolute atomic E-state index is 5.85. The molecule has 1 rings (SSSR count). The van der Waals surface area contributed by atoms with Crippen LogP contribution in [0.4, 0.5) is 0 Å². The Balaban J connectivity index is 1.87. The van der Waals surface area contributed by atoms with E-state index in [0.717, 1.165) is 13.2 Å². The Morgan fingerprint density at radius 2 is 1.93 bits per heavy atom. The molecule has 1 fully saturated rings. The molecule has 1 saturated heterocycles. The molecule has 0 spiro atoms. The summed E-state index contributed by atoms with van der Waals surface area (Å²) in [6, 6.07) is 0.689. The van der Waals surface area contributed by atoms with Crippen molar-refractivity contribution in [3.63, 3.8) is 0 Å². The number of unbranched alkanes of at least 4 members (excludes halogenated alkanes) is 4. The van der Waals surface area contributed by atoms with Crippen molar-refractivity contribution in [1.29, 1.82) is 0 Å². The molecule has 0 bridgehead atoms. The molecular weight excluding hydrogens is 186 g/mol. The van der Waals surface area contributed by atoms with Crippen LogP contribution >= 0.6 is 0 Å². The van der Waals surface area contributed by atoms with E-state index in [1.165, 1.54) is 44.9 Å². The zero-order valence-electron chi connectivity index (χ0n) is 10.4. The van der Waals surface area contributed by atoms with E-state index in [1.807, 2.05) is 0 Å². The Morgan fingerprint density at radius 1 is 1.13 bits per heavy atom. The average molecular weight is 213 g/mol. The number of hydrogen-bond acceptors (Lipinski definition) is 2. The van der Waals surface area contributed by atoms with Gasteiger partial charge >= 0.3 is 0 Å². The summed E-state index contributed by atoms with van der Waals surface area (Å²) < 4.78 is 5.85. The molecule has 15 heavy (non-hydrogen) atoms. The fourth-order valence-electron chi connectivity index (χ4n) is 2.07. The molecule has 1 N–H and O–H groups in total. The first-order valence-corrected chi connectivity index (χ1v) is 6.68. The molecule has 0 radical (unpaired) electrons. The number of ether oxygens (including phenoxy) is 1. The van der Waals surface area contributed by atoms with E-state index < -0.39 is 0 Å². The van der Waals surface area contributed by atoms with Crippen LogP contribution in [-0.4, -0.2) is 25.3 Å². The highest BCUT2D eigenvalue weighted by atomic mass is 16.5. The predicted octanol–water partition coefficient (Wildman–Crippen LogP) is 3.11. The fourth-order valence-corrected chi connectivity index (χ4v) is 2.07. The Hall–Kier alpha value is -0.0800. The second-order valence-corrected chi connectivity index (χ2v) is 4.79. The molecule has 1 heterocycles. The van der Waals surface area contributed by atoms with Crippen molar-refractivity contribution in [1.82, 2.24) is 5.32 Å². The Morgan fingerprint density at radius 3 is 2.60 bits per heavy atom. The SMILES string of the molecule is CCCCCCCOC1CCC(C)NC1. The van der Waals surface area contributed by atoms with Crippen LogP contribution < -0.4 is 5.32 Å². The quantitative estimate of drug-likeness (QED) is 0.656. The van der Waals surface area contributed by atoms with Gasteiger partial charge in [-0.05, 0) is 26.2 Å². The lowest BCUT2D eigenvalue weighted by Gasteiger charge is -2.27. The molecule has 2 unspecified atom stereocenters. The minimum atomic E-state index is 0.479. The van der Waals surface area contributed by atoms with E-state index in [1.54, 1.807) is 0 Å². The van der Waals surface area contributed by atoms with Gasteiger partial charge in [0.25, 0.3) is 0 Å². The van der Waals surface area contributed by atoms with Gasteiger partial charge < -0.3 is 10.1 Å². The summed E-state index contributed by atoms with van der Waals surface area (Å²) in [7, 11) is 0. The number of rotatable bonds is 7. The molecule has 2 atom stereocenters. The van der Waals surface area contributed by atoms with E-state index in [9.17, 15) is 0 Å². The van der Waals surface area contributed by atoms with Crippen molar-refractivity contribution in [3.05, 3.63) is 0 Å². The summed E-state index contributed by atoms with van der Waals surface area (Å²) in [5.74, 6) is 0. The molecule has 0 saturated carbocycles. The third-order valence-electron chi connectivity index (χ3n) is 3.22. The maximum atomic E-state index is 5.85. The molecule has 0 aromatic heterocycles. The summed E-state index contributed by atoms with van der Waals surface area (Å²) in [4.78, 5) is 0. The van der Waals surface area contributed by atoms with Crippen LogP contribution in [0.25, 0.3) is 0 Å². The predicted molar refractivity (Wildman–Crippen MR) is 65.2 cm³/mol. The van der Waals surface area contributed by atoms with Gasteiger partial charge in [0, 0.05) is 19.2 Å². The van der Waals surface area contributed by atoms with Gasteiger partial charge in [-0.3, -0.25) is 0 Å². The van der Waals surface area contributed by atoms with E-state index in [0.29, 0.717) is 12.1 Å². The lowest BCUT2D eigenvalue weighted by atomic mass is 10.0. The van der Waals surface area contributed by atoms with Crippen LogP contribution in [-0.2, 0) is 4.74 Å². The van der Waals surface area contributed by atoms with E-state index in [4.69, 9.17) is 4.74 Å². The van der Waals surface area contributed by atoms with E-state index in [-0.39, 0.29) is 0 Å². The minimum Gasteiger partial charge on any atom is -0.377 e. The summed E-state index contributed by atoms with van der Waals surface area (Å²) >= 11 is 0. The average Bonchev–Trinajstić information content (AvgIpc) is 2.26. The highest BCUT2D eigenvalue weighted by Crippen LogP contribution is 2.11. The van der Waals surface area contributed by atoms with Crippen molar-refractivity contribution in [3.8, 4) is 0 Å². The van der Waals surface area contributed by atoms with Crippen molar-refractivity contribution in [2.45, 2.75) is 70.9 Å². The molecule has 90 valence electrons. The molecule has 0 aromatic rings. The van der Waals surface area contributed by atoms with Gasteiger partial charge in [-0.25, -0.2) is 0 Å². The number of hydrogen-bond donors (Lipinski definition) is 1. The molecule has 0 aliphatic carbocycles. The second-order valence-electron chi connectivity index (χ2n) is 4.79. The topological polar surface area (TPSA) is 21.3 Å². The van der Waals surface area contributed by atoms with Gasteiger partial charge in [-0.15, -0.1) is 0 Å². The van der Waals surface area contributed by atoms with Gasteiger partial charge in [0.05, 0.1) is 6.10 Å².